The minimum Gasteiger partial charge on any atom is -0.393 e. The summed E-state index contributed by atoms with van der Waals surface area (Å²) in [4.78, 5) is 17.5. The molecule has 7 heteroatoms. The van der Waals surface area contributed by atoms with Gasteiger partial charge in [-0.15, -0.1) is 23.1 Å². The zero-order chi connectivity index (χ0) is 19.2. The molecule has 0 aliphatic rings. The number of thiazole rings is 1. The van der Waals surface area contributed by atoms with E-state index >= 15 is 0 Å². The van der Waals surface area contributed by atoms with Gasteiger partial charge in [-0.05, 0) is 41.9 Å². The zero-order valence-electron chi connectivity index (χ0n) is 15.6. The summed E-state index contributed by atoms with van der Waals surface area (Å²) < 4.78 is 7.55. The molecule has 0 saturated heterocycles. The Morgan fingerprint density at radius 2 is 2.07 bits per heavy atom. The van der Waals surface area contributed by atoms with Crippen molar-refractivity contribution in [1.29, 1.82) is 0 Å². The van der Waals surface area contributed by atoms with Crippen LogP contribution in [0, 0.1) is 5.92 Å². The molecule has 1 amide bonds. The van der Waals surface area contributed by atoms with E-state index in [-0.39, 0.29) is 0 Å². The number of hydrogen-bond donors (Lipinski definition) is 1. The van der Waals surface area contributed by atoms with Crippen LogP contribution in [0.2, 0.25) is 0 Å². The number of rotatable bonds is 7. The van der Waals surface area contributed by atoms with E-state index in [2.05, 4.69) is 60.9 Å². The summed E-state index contributed by atoms with van der Waals surface area (Å²) in [5.74, 6) is 1.06. The van der Waals surface area contributed by atoms with Crippen LogP contribution in [-0.2, 0) is 13.0 Å². The molecule has 27 heavy (non-hydrogen) atoms. The van der Waals surface area contributed by atoms with E-state index in [4.69, 9.17) is 4.74 Å². The minimum absolute atomic E-state index is 0.521. The highest BCUT2D eigenvalue weighted by atomic mass is 32.2. The molecule has 0 atom stereocenters. The first-order valence-corrected chi connectivity index (χ1v) is 10.8. The first kappa shape index (κ1) is 19.5. The molecular formula is C20H23N3O2S2. The highest BCUT2D eigenvalue weighted by Crippen LogP contribution is 2.23. The predicted octanol–water partition coefficient (Wildman–Crippen LogP) is 5.52. The van der Waals surface area contributed by atoms with Crippen LogP contribution in [0.1, 0.15) is 25.0 Å². The van der Waals surface area contributed by atoms with Crippen molar-refractivity contribution >= 4 is 34.3 Å². The van der Waals surface area contributed by atoms with Crippen molar-refractivity contribution in [2.24, 2.45) is 5.92 Å². The molecule has 2 heterocycles. The highest BCUT2D eigenvalue weighted by Gasteiger charge is 2.14. The Bertz CT molecular complexity index is 871. The van der Waals surface area contributed by atoms with Gasteiger partial charge in [0.15, 0.2) is 5.13 Å². The summed E-state index contributed by atoms with van der Waals surface area (Å²) in [5, 5.41) is 4.98. The van der Waals surface area contributed by atoms with Gasteiger partial charge >= 0.3 is 6.09 Å². The molecule has 3 rings (SSSR count). The molecular weight excluding hydrogens is 378 g/mol. The Morgan fingerprint density at radius 1 is 1.30 bits per heavy atom. The number of carbonyl (C=O) groups is 1. The Morgan fingerprint density at radius 3 is 2.70 bits per heavy atom. The predicted molar refractivity (Wildman–Crippen MR) is 112 cm³/mol. The molecule has 0 aliphatic heterocycles. The summed E-state index contributed by atoms with van der Waals surface area (Å²) in [6.45, 7) is 5.00. The topological polar surface area (TPSA) is 56.1 Å². The van der Waals surface area contributed by atoms with E-state index in [0.29, 0.717) is 23.5 Å². The Kier molecular flexibility index (Phi) is 6.58. The van der Waals surface area contributed by atoms with Gasteiger partial charge in [0.1, 0.15) is 0 Å². The van der Waals surface area contributed by atoms with E-state index in [1.807, 2.05) is 10.6 Å². The number of ether oxygens (including phenoxy) is 1. The maximum Gasteiger partial charge on any atom is 0.420 e. The van der Waals surface area contributed by atoms with Gasteiger partial charge in [-0.3, -0.25) is 5.32 Å². The van der Waals surface area contributed by atoms with Gasteiger partial charge in [0.2, 0.25) is 5.88 Å². The van der Waals surface area contributed by atoms with Crippen LogP contribution in [0.3, 0.4) is 0 Å². The van der Waals surface area contributed by atoms with E-state index in [9.17, 15) is 4.79 Å². The molecule has 1 aromatic carbocycles. The fraction of sp³-hybridized carbons (Fsp3) is 0.300. The summed E-state index contributed by atoms with van der Waals surface area (Å²) in [6.07, 6.45) is 6.17. The Balaban J connectivity index is 1.77. The Hall–Kier alpha value is -2.25. The second-order valence-corrected chi connectivity index (χ2v) is 8.39. The average molecular weight is 402 g/mol. The molecule has 0 bridgehead atoms. The molecule has 1 N–H and O–H groups in total. The average Bonchev–Trinajstić information content (AvgIpc) is 3.25. The van der Waals surface area contributed by atoms with Crippen molar-refractivity contribution in [2.75, 3.05) is 11.6 Å². The van der Waals surface area contributed by atoms with Crippen molar-refractivity contribution < 1.29 is 9.53 Å². The van der Waals surface area contributed by atoms with E-state index < -0.39 is 6.09 Å². The van der Waals surface area contributed by atoms with E-state index in [1.165, 1.54) is 16.2 Å². The van der Waals surface area contributed by atoms with Crippen LogP contribution >= 0.6 is 23.1 Å². The normalized spacial score (nSPS) is 11.0. The summed E-state index contributed by atoms with van der Waals surface area (Å²) >= 11 is 3.07. The third-order valence-corrected chi connectivity index (χ3v) is 5.34. The lowest BCUT2D eigenvalue weighted by atomic mass is 10.1. The molecule has 0 fully saturated rings. The Labute approximate surface area is 167 Å². The summed E-state index contributed by atoms with van der Waals surface area (Å²) in [5.41, 5.74) is 2.31. The molecule has 0 saturated carbocycles. The first-order chi connectivity index (χ1) is 13.0. The van der Waals surface area contributed by atoms with Crippen LogP contribution in [-0.4, -0.2) is 21.9 Å². The number of thioether (sulfide) groups is 1. The third-order valence-electron chi connectivity index (χ3n) is 3.91. The van der Waals surface area contributed by atoms with Crippen LogP contribution in [0.5, 0.6) is 5.88 Å². The molecule has 0 radical (unpaired) electrons. The van der Waals surface area contributed by atoms with Crippen LogP contribution in [0.15, 0.2) is 53.0 Å². The third kappa shape index (κ3) is 5.61. The van der Waals surface area contributed by atoms with E-state index in [1.54, 1.807) is 23.3 Å². The number of carbonyl (C=O) groups excluding carboxylic acids is 1. The van der Waals surface area contributed by atoms with Crippen LogP contribution in [0.4, 0.5) is 9.93 Å². The standard InChI is InChI=1S/C20H23N3O2S2/c1-14(2)10-16-11-18(25-20(24)22-19-21-8-9-27-19)23(13-16)12-15-4-6-17(26-3)7-5-15/h4-9,11,13-14H,10,12H2,1-3H3,(H,21,22,24). The lowest BCUT2D eigenvalue weighted by Gasteiger charge is -2.10. The lowest BCUT2D eigenvalue weighted by Crippen LogP contribution is -2.18. The van der Waals surface area contributed by atoms with Gasteiger partial charge < -0.3 is 9.30 Å². The molecule has 3 aromatic rings. The zero-order valence-corrected chi connectivity index (χ0v) is 17.3. The number of nitrogens with one attached hydrogen (secondary N) is 1. The number of amides is 1. The maximum absolute atomic E-state index is 12.2. The van der Waals surface area contributed by atoms with Crippen molar-refractivity contribution in [1.82, 2.24) is 9.55 Å². The number of aromatic nitrogens is 2. The lowest BCUT2D eigenvalue weighted by molar-refractivity contribution is 0.211. The quantitative estimate of drug-likeness (QED) is 0.529. The SMILES string of the molecule is CSc1ccc(Cn2cc(CC(C)C)cc2OC(=O)Nc2nccs2)cc1. The number of benzene rings is 1. The van der Waals surface area contributed by atoms with Gasteiger partial charge in [-0.2, -0.15) is 0 Å². The molecule has 142 valence electrons. The van der Waals surface area contributed by atoms with Gasteiger partial charge in [-0.1, -0.05) is 26.0 Å². The summed E-state index contributed by atoms with van der Waals surface area (Å²) in [7, 11) is 0. The monoisotopic (exact) mass is 401 g/mol. The van der Waals surface area contributed by atoms with Crippen molar-refractivity contribution in [3.05, 3.63) is 59.2 Å². The van der Waals surface area contributed by atoms with Gasteiger partial charge in [0, 0.05) is 28.7 Å². The molecule has 5 nitrogen and oxygen atoms in total. The molecule has 0 aliphatic carbocycles. The van der Waals surface area contributed by atoms with Crippen LogP contribution in [0.25, 0.3) is 0 Å². The van der Waals surface area contributed by atoms with Gasteiger partial charge in [0.25, 0.3) is 0 Å². The summed E-state index contributed by atoms with van der Waals surface area (Å²) in [6, 6.07) is 10.4. The van der Waals surface area contributed by atoms with Crippen molar-refractivity contribution in [3.8, 4) is 5.88 Å². The minimum atomic E-state index is -0.530. The first-order valence-electron chi connectivity index (χ1n) is 8.74. The smallest absolute Gasteiger partial charge is 0.393 e. The van der Waals surface area contributed by atoms with Gasteiger partial charge in [-0.25, -0.2) is 9.78 Å². The molecule has 0 unspecified atom stereocenters. The van der Waals surface area contributed by atoms with Crippen LogP contribution < -0.4 is 10.1 Å². The molecule has 0 spiro atoms. The highest BCUT2D eigenvalue weighted by molar-refractivity contribution is 7.98. The number of hydrogen-bond acceptors (Lipinski definition) is 5. The van der Waals surface area contributed by atoms with Crippen molar-refractivity contribution in [2.45, 2.75) is 31.7 Å². The maximum atomic E-state index is 12.2. The fourth-order valence-electron chi connectivity index (χ4n) is 2.76. The fourth-order valence-corrected chi connectivity index (χ4v) is 3.68. The van der Waals surface area contributed by atoms with E-state index in [0.717, 1.165) is 17.5 Å². The largest absolute Gasteiger partial charge is 0.420 e. The second-order valence-electron chi connectivity index (χ2n) is 6.61. The number of anilines is 1. The van der Waals surface area contributed by atoms with Crippen molar-refractivity contribution in [3.63, 3.8) is 0 Å². The molecule has 2 aromatic heterocycles. The van der Waals surface area contributed by atoms with Gasteiger partial charge in [0.05, 0.1) is 6.54 Å². The second kappa shape index (κ2) is 9.10. The number of nitrogens with zero attached hydrogens (tertiary/aromatic N) is 2.